The Morgan fingerprint density at radius 3 is 2.94 bits per heavy atom. The van der Waals surface area contributed by atoms with Gasteiger partial charge in [-0.05, 0) is 37.3 Å². The van der Waals surface area contributed by atoms with Crippen molar-refractivity contribution >= 4 is 11.7 Å². The van der Waals surface area contributed by atoms with Crippen LogP contribution in [0.3, 0.4) is 0 Å². The van der Waals surface area contributed by atoms with Gasteiger partial charge in [0.05, 0.1) is 0 Å². The maximum Gasteiger partial charge on any atom is 0.303 e. The van der Waals surface area contributed by atoms with Gasteiger partial charge in [-0.25, -0.2) is 0 Å². The third-order valence-electron chi connectivity index (χ3n) is 3.75. The van der Waals surface area contributed by atoms with Crippen molar-refractivity contribution in [2.75, 3.05) is 11.4 Å². The van der Waals surface area contributed by atoms with Crippen molar-refractivity contribution in [2.24, 2.45) is 0 Å². The number of fused-ring (bicyclic) bond motifs is 1. The molecule has 98 valence electrons. The minimum atomic E-state index is -0.701. The molecule has 0 fully saturated rings. The van der Waals surface area contributed by atoms with E-state index in [1.807, 2.05) is 0 Å². The van der Waals surface area contributed by atoms with Crippen LogP contribution in [-0.2, 0) is 11.2 Å². The highest BCUT2D eigenvalue weighted by Crippen LogP contribution is 2.31. The first-order valence-electron chi connectivity index (χ1n) is 6.78. The van der Waals surface area contributed by atoms with E-state index in [9.17, 15) is 4.79 Å². The molecular weight excluding hydrogens is 226 g/mol. The lowest BCUT2D eigenvalue weighted by atomic mass is 9.94. The Morgan fingerprint density at radius 1 is 1.44 bits per heavy atom. The molecule has 1 aliphatic heterocycles. The summed E-state index contributed by atoms with van der Waals surface area (Å²) in [7, 11) is 0. The number of benzene rings is 1. The predicted molar refractivity (Wildman–Crippen MR) is 73.1 cm³/mol. The normalized spacial score (nSPS) is 18.5. The largest absolute Gasteiger partial charge is 0.481 e. The van der Waals surface area contributed by atoms with E-state index < -0.39 is 5.97 Å². The second-order valence-electron chi connectivity index (χ2n) is 4.92. The van der Waals surface area contributed by atoms with Crippen LogP contribution in [0.1, 0.15) is 38.2 Å². The average Bonchev–Trinajstić information content (AvgIpc) is 2.38. The average molecular weight is 247 g/mol. The summed E-state index contributed by atoms with van der Waals surface area (Å²) in [5, 5.41) is 8.74. The van der Waals surface area contributed by atoms with Crippen LogP contribution in [-0.4, -0.2) is 23.7 Å². The molecule has 0 spiro atoms. The van der Waals surface area contributed by atoms with Crippen LogP contribution < -0.4 is 4.90 Å². The fourth-order valence-electron chi connectivity index (χ4n) is 2.81. The highest BCUT2D eigenvalue weighted by Gasteiger charge is 2.24. The summed E-state index contributed by atoms with van der Waals surface area (Å²) in [5.74, 6) is -0.701. The fourth-order valence-corrected chi connectivity index (χ4v) is 2.81. The molecule has 18 heavy (non-hydrogen) atoms. The van der Waals surface area contributed by atoms with Crippen LogP contribution in [0, 0.1) is 0 Å². The zero-order chi connectivity index (χ0) is 13.0. The molecule has 1 heterocycles. The van der Waals surface area contributed by atoms with Gasteiger partial charge in [0.25, 0.3) is 0 Å². The van der Waals surface area contributed by atoms with Crippen molar-refractivity contribution in [1.29, 1.82) is 0 Å². The maximum atomic E-state index is 10.6. The first kappa shape index (κ1) is 12.9. The predicted octanol–water partition coefficient (Wildman–Crippen LogP) is 3.08. The summed E-state index contributed by atoms with van der Waals surface area (Å²) in [5.41, 5.74) is 2.71. The molecule has 0 amide bonds. The second-order valence-corrected chi connectivity index (χ2v) is 4.92. The number of carboxylic acid groups (broad SMARTS) is 1. The number of aryl methyl sites for hydroxylation is 1. The molecule has 0 bridgehead atoms. The number of carbonyl (C=O) groups is 1. The highest BCUT2D eigenvalue weighted by molar-refractivity contribution is 5.66. The van der Waals surface area contributed by atoms with Gasteiger partial charge in [-0.3, -0.25) is 4.79 Å². The highest BCUT2D eigenvalue weighted by atomic mass is 16.4. The van der Waals surface area contributed by atoms with Gasteiger partial charge < -0.3 is 10.0 Å². The molecule has 3 nitrogen and oxygen atoms in total. The number of hydrogen-bond acceptors (Lipinski definition) is 2. The van der Waals surface area contributed by atoms with Crippen molar-refractivity contribution in [3.05, 3.63) is 29.8 Å². The Bertz CT molecular complexity index is 417. The zero-order valence-electron chi connectivity index (χ0n) is 10.9. The van der Waals surface area contributed by atoms with Gasteiger partial charge in [-0.15, -0.1) is 0 Å². The lowest BCUT2D eigenvalue weighted by Crippen LogP contribution is -2.39. The number of nitrogens with zero attached hydrogens (tertiary/aromatic N) is 1. The van der Waals surface area contributed by atoms with Crippen LogP contribution >= 0.6 is 0 Å². The molecule has 1 N–H and O–H groups in total. The quantitative estimate of drug-likeness (QED) is 0.869. The Hall–Kier alpha value is -1.51. The van der Waals surface area contributed by atoms with Gasteiger partial charge in [0.15, 0.2) is 0 Å². The molecule has 3 heteroatoms. The molecule has 0 aliphatic carbocycles. The van der Waals surface area contributed by atoms with Crippen molar-refractivity contribution in [1.82, 2.24) is 0 Å². The summed E-state index contributed by atoms with van der Waals surface area (Å²) in [4.78, 5) is 13.0. The van der Waals surface area contributed by atoms with Gasteiger partial charge in [-0.2, -0.15) is 0 Å². The molecule has 1 aromatic rings. The summed E-state index contributed by atoms with van der Waals surface area (Å²) >= 11 is 0. The molecule has 0 radical (unpaired) electrons. The van der Waals surface area contributed by atoms with Crippen LogP contribution in [0.25, 0.3) is 0 Å². The molecule has 1 unspecified atom stereocenters. The Labute approximate surface area is 108 Å². The molecule has 1 aliphatic rings. The summed E-state index contributed by atoms with van der Waals surface area (Å²) in [6.45, 7) is 3.06. The van der Waals surface area contributed by atoms with E-state index in [4.69, 9.17) is 5.11 Å². The summed E-state index contributed by atoms with van der Waals surface area (Å²) in [6.07, 6.45) is 4.43. The maximum absolute atomic E-state index is 10.6. The Morgan fingerprint density at radius 2 is 2.22 bits per heavy atom. The van der Waals surface area contributed by atoms with Crippen LogP contribution in [0.5, 0.6) is 0 Å². The fraction of sp³-hybridized carbons (Fsp3) is 0.533. The topological polar surface area (TPSA) is 40.5 Å². The number of aliphatic carboxylic acids is 1. The Balaban J connectivity index is 2.10. The minimum Gasteiger partial charge on any atom is -0.481 e. The lowest BCUT2D eigenvalue weighted by molar-refractivity contribution is -0.137. The van der Waals surface area contributed by atoms with Crippen LogP contribution in [0.2, 0.25) is 0 Å². The standard InChI is InChI=1S/C15H21NO2/c1-2-13-10-9-12-6-3-4-7-14(12)16(13)11-5-8-15(17)18/h3-4,6-7,13H,2,5,8-11H2,1H3,(H,17,18). The monoisotopic (exact) mass is 247 g/mol. The molecular formula is C15H21NO2. The summed E-state index contributed by atoms with van der Waals surface area (Å²) < 4.78 is 0. The molecule has 0 aromatic heterocycles. The van der Waals surface area contributed by atoms with Gasteiger partial charge in [0, 0.05) is 24.7 Å². The van der Waals surface area contributed by atoms with E-state index in [1.54, 1.807) is 0 Å². The molecule has 1 atom stereocenters. The van der Waals surface area contributed by atoms with Crippen molar-refractivity contribution < 1.29 is 9.90 Å². The van der Waals surface area contributed by atoms with Crippen LogP contribution in [0.15, 0.2) is 24.3 Å². The van der Waals surface area contributed by atoms with E-state index in [1.165, 1.54) is 17.7 Å². The summed E-state index contributed by atoms with van der Waals surface area (Å²) in [6, 6.07) is 9.07. The zero-order valence-corrected chi connectivity index (χ0v) is 10.9. The number of para-hydroxylation sites is 1. The smallest absolute Gasteiger partial charge is 0.303 e. The van der Waals surface area contributed by atoms with E-state index in [-0.39, 0.29) is 6.42 Å². The number of carboxylic acids is 1. The van der Waals surface area contributed by atoms with E-state index in [0.717, 1.165) is 25.8 Å². The van der Waals surface area contributed by atoms with Gasteiger partial charge in [0.2, 0.25) is 0 Å². The molecule has 2 rings (SSSR count). The van der Waals surface area contributed by atoms with Crippen molar-refractivity contribution in [3.63, 3.8) is 0 Å². The third kappa shape index (κ3) is 2.84. The second kappa shape index (κ2) is 5.89. The lowest BCUT2D eigenvalue weighted by Gasteiger charge is -2.38. The first-order chi connectivity index (χ1) is 8.72. The molecule has 0 saturated heterocycles. The van der Waals surface area contributed by atoms with E-state index >= 15 is 0 Å². The SMILES string of the molecule is CCC1CCc2ccccc2N1CCCC(=O)O. The first-order valence-corrected chi connectivity index (χ1v) is 6.78. The number of hydrogen-bond donors (Lipinski definition) is 1. The third-order valence-corrected chi connectivity index (χ3v) is 3.75. The molecule has 0 saturated carbocycles. The Kier molecular flexibility index (Phi) is 4.24. The van der Waals surface area contributed by atoms with Gasteiger partial charge in [0.1, 0.15) is 0 Å². The van der Waals surface area contributed by atoms with Crippen molar-refractivity contribution in [3.8, 4) is 0 Å². The van der Waals surface area contributed by atoms with Crippen LogP contribution in [0.4, 0.5) is 5.69 Å². The number of rotatable bonds is 5. The van der Waals surface area contributed by atoms with Gasteiger partial charge >= 0.3 is 5.97 Å². The number of anilines is 1. The van der Waals surface area contributed by atoms with E-state index in [2.05, 4.69) is 36.1 Å². The van der Waals surface area contributed by atoms with Crippen molar-refractivity contribution in [2.45, 2.75) is 45.1 Å². The molecule has 1 aromatic carbocycles. The van der Waals surface area contributed by atoms with Gasteiger partial charge in [-0.1, -0.05) is 25.1 Å². The van der Waals surface area contributed by atoms with E-state index in [0.29, 0.717) is 6.04 Å². The minimum absolute atomic E-state index is 0.259.